The van der Waals surface area contributed by atoms with Crippen LogP contribution < -0.4 is 0 Å². The third kappa shape index (κ3) is 30.7. The van der Waals surface area contributed by atoms with Gasteiger partial charge in [-0.05, 0) is 12.3 Å². The van der Waals surface area contributed by atoms with E-state index in [1.807, 2.05) is 0 Å². The predicted molar refractivity (Wildman–Crippen MR) is 78.6 cm³/mol. The van der Waals surface area contributed by atoms with Crippen LogP contribution in [0.4, 0.5) is 0 Å². The van der Waals surface area contributed by atoms with E-state index in [1.54, 1.807) is 0 Å². The van der Waals surface area contributed by atoms with Crippen LogP contribution >= 0.6 is 0 Å². The van der Waals surface area contributed by atoms with Gasteiger partial charge < -0.3 is 14.2 Å². The van der Waals surface area contributed by atoms with Gasteiger partial charge in [-0.3, -0.25) is 8.42 Å². The summed E-state index contributed by atoms with van der Waals surface area (Å²) < 4.78 is 34.1. The van der Waals surface area contributed by atoms with Crippen LogP contribution in [0.3, 0.4) is 0 Å². The molecule has 0 aromatic rings. The summed E-state index contributed by atoms with van der Waals surface area (Å²) in [5.74, 6) is 0.913. The van der Waals surface area contributed by atoms with Crippen molar-refractivity contribution in [1.29, 1.82) is 0 Å². The molecule has 0 fully saturated rings. The van der Waals surface area contributed by atoms with Crippen LogP contribution in [0, 0.1) is 5.92 Å². The van der Waals surface area contributed by atoms with E-state index >= 15 is 0 Å². The minimum atomic E-state index is -5.17. The summed E-state index contributed by atoms with van der Waals surface area (Å²) in [5.41, 5.74) is 0. The molecule has 5 nitrogen and oxygen atoms in total. The van der Waals surface area contributed by atoms with Gasteiger partial charge in [-0.25, -0.2) is 0 Å². The zero-order valence-corrected chi connectivity index (χ0v) is 13.7. The SMILES string of the molecule is CCCCCCC(C)CCCCCCO.O=S(=O)([O-])[O-]. The summed E-state index contributed by atoms with van der Waals surface area (Å²) >= 11 is 0. The second-order valence-corrected chi connectivity index (χ2v) is 6.11. The molecule has 0 saturated heterocycles. The molecule has 0 aromatic carbocycles. The van der Waals surface area contributed by atoms with Crippen LogP contribution in [-0.4, -0.2) is 29.2 Å². The lowest BCUT2D eigenvalue weighted by molar-refractivity contribution is 0.281. The van der Waals surface area contributed by atoms with Crippen LogP contribution in [0.5, 0.6) is 0 Å². The molecule has 0 aliphatic heterocycles. The third-order valence-electron chi connectivity index (χ3n) is 3.16. The first-order chi connectivity index (χ1) is 9.31. The van der Waals surface area contributed by atoms with Gasteiger partial charge in [0.2, 0.25) is 0 Å². The Hall–Kier alpha value is -0.170. The van der Waals surface area contributed by atoms with Crippen molar-refractivity contribution in [3.63, 3.8) is 0 Å². The monoisotopic (exact) mass is 310 g/mol. The van der Waals surface area contributed by atoms with Gasteiger partial charge in [-0.15, -0.1) is 0 Å². The number of hydrogen-bond donors (Lipinski definition) is 1. The van der Waals surface area contributed by atoms with E-state index < -0.39 is 10.4 Å². The lowest BCUT2D eigenvalue weighted by atomic mass is 9.96. The maximum atomic E-state index is 8.64. The molecule has 0 saturated carbocycles. The minimum absolute atomic E-state index is 0.368. The second kappa shape index (κ2) is 15.2. The molecule has 0 spiro atoms. The number of rotatable bonds is 11. The molecule has 0 heterocycles. The van der Waals surface area contributed by atoms with Crippen molar-refractivity contribution in [2.45, 2.75) is 78.1 Å². The summed E-state index contributed by atoms with van der Waals surface area (Å²) in [6.45, 7) is 5.02. The Bertz CT molecular complexity index is 269. The third-order valence-corrected chi connectivity index (χ3v) is 3.16. The minimum Gasteiger partial charge on any atom is -0.759 e. The molecule has 1 atom stereocenters. The summed E-state index contributed by atoms with van der Waals surface area (Å²) in [6, 6.07) is 0. The highest BCUT2D eigenvalue weighted by Crippen LogP contribution is 2.17. The molecule has 1 unspecified atom stereocenters. The average molecular weight is 310 g/mol. The van der Waals surface area contributed by atoms with E-state index in [-0.39, 0.29) is 0 Å². The maximum absolute atomic E-state index is 8.64. The molecule has 0 amide bonds. The molecule has 1 N–H and O–H groups in total. The molecule has 0 radical (unpaired) electrons. The summed E-state index contributed by atoms with van der Waals surface area (Å²) in [4.78, 5) is 0. The van der Waals surface area contributed by atoms with E-state index in [2.05, 4.69) is 13.8 Å². The highest BCUT2D eigenvalue weighted by Gasteiger charge is 2.01. The van der Waals surface area contributed by atoms with Gasteiger partial charge in [0.25, 0.3) is 0 Å². The van der Waals surface area contributed by atoms with Gasteiger partial charge in [-0.1, -0.05) is 71.6 Å². The van der Waals surface area contributed by atoms with Crippen LogP contribution in [0.1, 0.15) is 78.1 Å². The predicted octanol–water partition coefficient (Wildman–Crippen LogP) is 3.20. The van der Waals surface area contributed by atoms with Gasteiger partial charge in [-0.2, -0.15) is 0 Å². The summed E-state index contributed by atoms with van der Waals surface area (Å²) in [7, 11) is -5.17. The molecular weight excluding hydrogens is 280 g/mol. The number of hydrogen-bond acceptors (Lipinski definition) is 5. The van der Waals surface area contributed by atoms with Crippen molar-refractivity contribution in [3.8, 4) is 0 Å². The highest BCUT2D eigenvalue weighted by molar-refractivity contribution is 7.79. The van der Waals surface area contributed by atoms with Crippen molar-refractivity contribution < 1.29 is 22.6 Å². The van der Waals surface area contributed by atoms with E-state index in [9.17, 15) is 0 Å². The zero-order valence-electron chi connectivity index (χ0n) is 12.8. The Labute approximate surface area is 124 Å². The lowest BCUT2D eigenvalue weighted by Crippen LogP contribution is -1.95. The molecule has 0 bridgehead atoms. The van der Waals surface area contributed by atoms with E-state index in [0.29, 0.717) is 6.61 Å². The molecule has 0 aliphatic carbocycles. The second-order valence-electron chi connectivity index (χ2n) is 5.29. The molecule has 124 valence electrons. The first-order valence-electron chi connectivity index (χ1n) is 7.58. The van der Waals surface area contributed by atoms with Crippen LogP contribution in [0.25, 0.3) is 0 Å². The fourth-order valence-corrected chi connectivity index (χ4v) is 2.02. The normalized spacial score (nSPS) is 12.7. The van der Waals surface area contributed by atoms with Crippen molar-refractivity contribution in [2.75, 3.05) is 6.61 Å². The van der Waals surface area contributed by atoms with Crippen LogP contribution in [-0.2, 0) is 10.4 Å². The van der Waals surface area contributed by atoms with Crippen LogP contribution in [0.2, 0.25) is 0 Å². The Morgan fingerprint density at radius 1 is 0.900 bits per heavy atom. The number of unbranched alkanes of at least 4 members (excludes halogenated alkanes) is 6. The average Bonchev–Trinajstić information content (AvgIpc) is 2.32. The molecule has 0 rings (SSSR count). The van der Waals surface area contributed by atoms with Crippen molar-refractivity contribution in [1.82, 2.24) is 0 Å². The highest BCUT2D eigenvalue weighted by atomic mass is 32.3. The van der Waals surface area contributed by atoms with Gasteiger partial charge >= 0.3 is 0 Å². The number of aliphatic hydroxyl groups excluding tert-OH is 1. The Morgan fingerprint density at radius 2 is 1.30 bits per heavy atom. The largest absolute Gasteiger partial charge is 0.759 e. The summed E-state index contributed by atoms with van der Waals surface area (Å²) in [6.07, 6.45) is 13.3. The van der Waals surface area contributed by atoms with Crippen molar-refractivity contribution in [3.05, 3.63) is 0 Å². The molecule has 0 aliphatic rings. The smallest absolute Gasteiger partial charge is 0.0431 e. The van der Waals surface area contributed by atoms with E-state index in [1.165, 1.54) is 57.8 Å². The zero-order chi connectivity index (χ0) is 15.9. The first kappa shape index (κ1) is 22.1. The molecule has 6 heteroatoms. The molecule has 0 aromatic heterocycles. The molecular formula is C14H30O5S-2. The van der Waals surface area contributed by atoms with Gasteiger partial charge in [0, 0.05) is 17.0 Å². The Morgan fingerprint density at radius 3 is 1.70 bits per heavy atom. The van der Waals surface area contributed by atoms with Gasteiger partial charge in [0.05, 0.1) is 0 Å². The topological polar surface area (TPSA) is 100 Å². The Kier molecular flexibility index (Phi) is 16.8. The first-order valence-corrected chi connectivity index (χ1v) is 8.92. The molecule has 20 heavy (non-hydrogen) atoms. The van der Waals surface area contributed by atoms with Gasteiger partial charge in [0.1, 0.15) is 0 Å². The Balaban J connectivity index is 0. The standard InChI is InChI=1S/C14H30O.H2O4S/c1-3-4-5-8-11-14(2)12-9-6-7-10-13-15;1-5(2,3)4/h14-15H,3-13H2,1-2H3;(H2,1,2,3,4)/p-2. The fourth-order valence-electron chi connectivity index (χ4n) is 2.02. The van der Waals surface area contributed by atoms with E-state index in [0.717, 1.165) is 12.3 Å². The van der Waals surface area contributed by atoms with Crippen molar-refractivity contribution >= 4 is 10.4 Å². The maximum Gasteiger partial charge on any atom is 0.0431 e. The fraction of sp³-hybridized carbons (Fsp3) is 1.00. The summed E-state index contributed by atoms with van der Waals surface area (Å²) in [5, 5.41) is 8.64. The lowest BCUT2D eigenvalue weighted by Gasteiger charge is -2.10. The van der Waals surface area contributed by atoms with Crippen LogP contribution in [0.15, 0.2) is 0 Å². The van der Waals surface area contributed by atoms with Gasteiger partial charge in [0.15, 0.2) is 0 Å². The van der Waals surface area contributed by atoms with Crippen molar-refractivity contribution in [2.24, 2.45) is 5.92 Å². The quantitative estimate of drug-likeness (QED) is 0.359. The van der Waals surface area contributed by atoms with E-state index in [4.69, 9.17) is 22.6 Å². The number of aliphatic hydroxyl groups is 1.